The second kappa shape index (κ2) is 3.58. The molecule has 1 heterocycles. The quantitative estimate of drug-likeness (QED) is 0.616. The third kappa shape index (κ3) is 1.45. The first-order chi connectivity index (χ1) is 5.79. The van der Waals surface area contributed by atoms with Crippen LogP contribution in [0.4, 0.5) is 0 Å². The second-order valence-corrected chi connectivity index (χ2v) is 2.14. The zero-order valence-corrected chi connectivity index (χ0v) is 6.53. The predicted octanol–water partition coefficient (Wildman–Crippen LogP) is 1.13. The van der Waals surface area contributed by atoms with Crippen LogP contribution in [-0.4, -0.2) is 13.1 Å². The van der Waals surface area contributed by atoms with Crippen molar-refractivity contribution in [3.05, 3.63) is 23.7 Å². The number of hydrogen-bond acceptors (Lipinski definition) is 4. The van der Waals surface area contributed by atoms with E-state index in [-0.39, 0.29) is 6.42 Å². The molecule has 0 spiro atoms. The number of hydrogen-bond donors (Lipinski definition) is 0. The van der Waals surface area contributed by atoms with E-state index in [4.69, 9.17) is 9.68 Å². The van der Waals surface area contributed by atoms with Gasteiger partial charge in [-0.3, -0.25) is 0 Å². The molecule has 0 aliphatic rings. The Morgan fingerprint density at radius 1 is 1.75 bits per heavy atom. The van der Waals surface area contributed by atoms with Gasteiger partial charge in [-0.25, -0.2) is 4.79 Å². The first-order valence-corrected chi connectivity index (χ1v) is 3.30. The van der Waals surface area contributed by atoms with Crippen molar-refractivity contribution in [1.82, 2.24) is 0 Å². The van der Waals surface area contributed by atoms with Gasteiger partial charge in [0, 0.05) is 5.56 Å². The number of furan rings is 1. The van der Waals surface area contributed by atoms with Crippen LogP contribution in [0.1, 0.15) is 15.9 Å². The highest BCUT2D eigenvalue weighted by molar-refractivity contribution is 5.90. The number of esters is 1. The van der Waals surface area contributed by atoms with Gasteiger partial charge >= 0.3 is 5.97 Å². The van der Waals surface area contributed by atoms with Gasteiger partial charge in [-0.2, -0.15) is 5.26 Å². The van der Waals surface area contributed by atoms with Crippen molar-refractivity contribution in [2.45, 2.75) is 6.42 Å². The van der Waals surface area contributed by atoms with Gasteiger partial charge in [0.25, 0.3) is 0 Å². The number of nitriles is 1. The predicted molar refractivity (Wildman–Crippen MR) is 39.4 cm³/mol. The molecule has 4 heteroatoms. The number of nitrogens with zero attached hydrogens (tertiary/aromatic N) is 1. The highest BCUT2D eigenvalue weighted by atomic mass is 16.5. The van der Waals surface area contributed by atoms with Crippen LogP contribution in [0.25, 0.3) is 0 Å². The summed E-state index contributed by atoms with van der Waals surface area (Å²) < 4.78 is 9.24. The van der Waals surface area contributed by atoms with Gasteiger partial charge in [-0.05, 0) is 0 Å². The molecule has 0 aliphatic carbocycles. The summed E-state index contributed by atoms with van der Waals surface area (Å²) in [4.78, 5) is 11.0. The Kier molecular flexibility index (Phi) is 2.49. The lowest BCUT2D eigenvalue weighted by atomic mass is 10.1. The van der Waals surface area contributed by atoms with E-state index in [0.29, 0.717) is 11.1 Å². The summed E-state index contributed by atoms with van der Waals surface area (Å²) >= 11 is 0. The summed E-state index contributed by atoms with van der Waals surface area (Å²) in [5.74, 6) is -0.478. The van der Waals surface area contributed by atoms with E-state index in [2.05, 4.69) is 4.74 Å². The van der Waals surface area contributed by atoms with Crippen molar-refractivity contribution < 1.29 is 13.9 Å². The van der Waals surface area contributed by atoms with Crippen molar-refractivity contribution in [1.29, 1.82) is 5.26 Å². The number of ether oxygens (including phenoxy) is 1. The third-order valence-corrected chi connectivity index (χ3v) is 1.42. The molecule has 4 nitrogen and oxygen atoms in total. The molecular formula is C8H7NO3. The Labute approximate surface area is 69.4 Å². The van der Waals surface area contributed by atoms with Crippen LogP contribution < -0.4 is 0 Å². The van der Waals surface area contributed by atoms with E-state index in [1.807, 2.05) is 6.07 Å². The lowest BCUT2D eigenvalue weighted by Gasteiger charge is -1.94. The second-order valence-electron chi connectivity index (χ2n) is 2.14. The smallest absolute Gasteiger partial charge is 0.341 e. The maximum absolute atomic E-state index is 11.0. The topological polar surface area (TPSA) is 63.2 Å². The van der Waals surface area contributed by atoms with E-state index in [1.165, 1.54) is 19.6 Å². The Morgan fingerprint density at radius 2 is 2.50 bits per heavy atom. The summed E-state index contributed by atoms with van der Waals surface area (Å²) in [6.07, 6.45) is 2.80. The maximum atomic E-state index is 11.0. The molecule has 1 rings (SSSR count). The van der Waals surface area contributed by atoms with Crippen molar-refractivity contribution >= 4 is 5.97 Å². The molecule has 0 amide bonds. The van der Waals surface area contributed by atoms with Gasteiger partial charge in [0.15, 0.2) is 0 Å². The minimum absolute atomic E-state index is 0.154. The Balaban J connectivity index is 2.92. The molecule has 0 fully saturated rings. The summed E-state index contributed by atoms with van der Waals surface area (Å²) in [6, 6.07) is 1.92. The van der Waals surface area contributed by atoms with E-state index in [1.54, 1.807) is 0 Å². The molecule has 0 atom stereocenters. The van der Waals surface area contributed by atoms with Gasteiger partial charge in [0.05, 0.1) is 25.9 Å². The van der Waals surface area contributed by atoms with Crippen LogP contribution in [0, 0.1) is 11.3 Å². The van der Waals surface area contributed by atoms with Gasteiger partial charge in [0.1, 0.15) is 11.8 Å². The van der Waals surface area contributed by atoms with E-state index in [9.17, 15) is 4.79 Å². The fraction of sp³-hybridized carbons (Fsp3) is 0.250. The Hall–Kier alpha value is -1.76. The van der Waals surface area contributed by atoms with Gasteiger partial charge in [0.2, 0.25) is 0 Å². The molecule has 62 valence electrons. The number of rotatable bonds is 2. The zero-order valence-electron chi connectivity index (χ0n) is 6.53. The number of carbonyl (C=O) groups is 1. The molecule has 0 N–H and O–H groups in total. The summed E-state index contributed by atoms with van der Waals surface area (Å²) in [6.45, 7) is 0. The molecule has 0 radical (unpaired) electrons. The monoisotopic (exact) mass is 165 g/mol. The molecule has 0 unspecified atom stereocenters. The third-order valence-electron chi connectivity index (χ3n) is 1.42. The highest BCUT2D eigenvalue weighted by Crippen LogP contribution is 2.11. The van der Waals surface area contributed by atoms with Crippen molar-refractivity contribution in [2.75, 3.05) is 7.11 Å². The van der Waals surface area contributed by atoms with Crippen molar-refractivity contribution in [2.24, 2.45) is 0 Å². The fourth-order valence-electron chi connectivity index (χ4n) is 0.835. The molecular weight excluding hydrogens is 158 g/mol. The van der Waals surface area contributed by atoms with Gasteiger partial charge in [-0.1, -0.05) is 0 Å². The standard InChI is InChI=1S/C8H7NO3/c1-11-8(10)7-5-12-4-6(7)2-3-9/h4-5H,2H2,1H3. The molecule has 1 aromatic rings. The van der Waals surface area contributed by atoms with Crippen molar-refractivity contribution in [3.8, 4) is 6.07 Å². The lowest BCUT2D eigenvalue weighted by Crippen LogP contribution is -2.02. The van der Waals surface area contributed by atoms with Crippen LogP contribution >= 0.6 is 0 Å². The summed E-state index contributed by atoms with van der Waals surface area (Å²) in [5, 5.41) is 8.37. The maximum Gasteiger partial charge on any atom is 0.341 e. The first kappa shape index (κ1) is 8.34. The van der Waals surface area contributed by atoms with Crippen LogP contribution in [0.5, 0.6) is 0 Å². The zero-order chi connectivity index (χ0) is 8.97. The Bertz CT molecular complexity index is 321. The minimum atomic E-state index is -0.478. The minimum Gasteiger partial charge on any atom is -0.471 e. The van der Waals surface area contributed by atoms with Crippen LogP contribution in [-0.2, 0) is 11.2 Å². The van der Waals surface area contributed by atoms with E-state index >= 15 is 0 Å². The SMILES string of the molecule is COC(=O)c1cocc1CC#N. The number of methoxy groups -OCH3 is 1. The highest BCUT2D eigenvalue weighted by Gasteiger charge is 2.13. The van der Waals surface area contributed by atoms with Crippen LogP contribution in [0.3, 0.4) is 0 Å². The molecule has 0 aromatic carbocycles. The van der Waals surface area contributed by atoms with E-state index < -0.39 is 5.97 Å². The fourth-order valence-corrected chi connectivity index (χ4v) is 0.835. The number of carbonyl (C=O) groups excluding carboxylic acids is 1. The molecule has 0 saturated heterocycles. The summed E-state index contributed by atoms with van der Waals surface area (Å²) in [7, 11) is 1.28. The molecule has 0 saturated carbocycles. The lowest BCUT2D eigenvalue weighted by molar-refractivity contribution is 0.0599. The van der Waals surface area contributed by atoms with Crippen LogP contribution in [0.15, 0.2) is 16.9 Å². The van der Waals surface area contributed by atoms with Gasteiger partial charge < -0.3 is 9.15 Å². The summed E-state index contributed by atoms with van der Waals surface area (Å²) in [5.41, 5.74) is 0.878. The van der Waals surface area contributed by atoms with Crippen LogP contribution in [0.2, 0.25) is 0 Å². The Morgan fingerprint density at radius 3 is 3.08 bits per heavy atom. The molecule has 1 aromatic heterocycles. The molecule has 0 bridgehead atoms. The first-order valence-electron chi connectivity index (χ1n) is 3.30. The largest absolute Gasteiger partial charge is 0.471 e. The average Bonchev–Trinajstić information content (AvgIpc) is 2.52. The van der Waals surface area contributed by atoms with E-state index in [0.717, 1.165) is 0 Å². The molecule has 12 heavy (non-hydrogen) atoms. The van der Waals surface area contributed by atoms with Gasteiger partial charge in [-0.15, -0.1) is 0 Å². The molecule has 0 aliphatic heterocycles. The average molecular weight is 165 g/mol. The van der Waals surface area contributed by atoms with Crippen molar-refractivity contribution in [3.63, 3.8) is 0 Å². The normalized spacial score (nSPS) is 9.00.